The van der Waals surface area contributed by atoms with Crippen molar-refractivity contribution in [3.8, 4) is 0 Å². The summed E-state index contributed by atoms with van der Waals surface area (Å²) in [5, 5.41) is 2.91. The first-order valence-electron chi connectivity index (χ1n) is 8.97. The molecule has 128 valence electrons. The number of carbonyl (C=O) groups excluding carboxylic acids is 1. The van der Waals surface area contributed by atoms with Gasteiger partial charge in [-0.2, -0.15) is 0 Å². The molecule has 0 saturated carbocycles. The second-order valence-electron chi connectivity index (χ2n) is 6.46. The van der Waals surface area contributed by atoms with Crippen LogP contribution in [0.4, 0.5) is 10.5 Å². The fourth-order valence-electron chi connectivity index (χ4n) is 3.09. The van der Waals surface area contributed by atoms with Crippen molar-refractivity contribution in [1.82, 2.24) is 4.90 Å². The Morgan fingerprint density at radius 2 is 2.00 bits per heavy atom. The summed E-state index contributed by atoms with van der Waals surface area (Å²) >= 11 is 0. The minimum absolute atomic E-state index is 0.0871. The molecule has 1 saturated heterocycles. The quantitative estimate of drug-likeness (QED) is 0.807. The molecular weight excluding hydrogens is 288 g/mol. The molecule has 1 aromatic carbocycles. The van der Waals surface area contributed by atoms with Crippen molar-refractivity contribution in [2.24, 2.45) is 0 Å². The van der Waals surface area contributed by atoms with Crippen LogP contribution in [0.25, 0.3) is 0 Å². The van der Waals surface area contributed by atoms with E-state index in [0.717, 1.165) is 44.6 Å². The van der Waals surface area contributed by atoms with Crippen molar-refractivity contribution in [2.75, 3.05) is 25.0 Å². The highest BCUT2D eigenvalue weighted by atomic mass is 16.6. The van der Waals surface area contributed by atoms with E-state index < -0.39 is 0 Å². The summed E-state index contributed by atoms with van der Waals surface area (Å²) in [6.45, 7) is 7.21. The number of carbonyl (C=O) groups is 1. The van der Waals surface area contributed by atoms with Gasteiger partial charge >= 0.3 is 6.09 Å². The van der Waals surface area contributed by atoms with E-state index in [2.05, 4.69) is 23.2 Å². The number of anilines is 1. The lowest BCUT2D eigenvalue weighted by atomic mass is 10.1. The van der Waals surface area contributed by atoms with Gasteiger partial charge in [0.1, 0.15) is 6.10 Å². The molecule has 1 atom stereocenters. The van der Waals surface area contributed by atoms with Gasteiger partial charge in [0.25, 0.3) is 0 Å². The van der Waals surface area contributed by atoms with Crippen LogP contribution in [-0.2, 0) is 11.2 Å². The van der Waals surface area contributed by atoms with Crippen molar-refractivity contribution in [3.05, 3.63) is 29.8 Å². The van der Waals surface area contributed by atoms with E-state index in [4.69, 9.17) is 4.74 Å². The number of nitrogens with zero attached hydrogens (tertiary/aromatic N) is 1. The first kappa shape index (κ1) is 17.8. The van der Waals surface area contributed by atoms with Gasteiger partial charge in [-0.25, -0.2) is 4.79 Å². The van der Waals surface area contributed by atoms with Gasteiger partial charge in [-0.1, -0.05) is 38.0 Å². The van der Waals surface area contributed by atoms with E-state index in [9.17, 15) is 4.79 Å². The molecule has 0 aromatic heterocycles. The Hall–Kier alpha value is -1.55. The Balaban J connectivity index is 1.81. The molecule has 4 nitrogen and oxygen atoms in total. The Bertz CT molecular complexity index is 484. The highest BCUT2D eigenvalue weighted by molar-refractivity contribution is 5.85. The van der Waals surface area contributed by atoms with Crippen molar-refractivity contribution >= 4 is 11.8 Å². The first-order chi connectivity index (χ1) is 11.2. The topological polar surface area (TPSA) is 41.6 Å². The van der Waals surface area contributed by atoms with Gasteiger partial charge in [0.15, 0.2) is 0 Å². The molecule has 1 N–H and O–H groups in total. The molecule has 1 aliphatic heterocycles. The maximum atomic E-state index is 12.1. The number of hydrogen-bond acceptors (Lipinski definition) is 3. The number of ether oxygens (including phenoxy) is 1. The largest absolute Gasteiger partial charge is 0.445 e. The van der Waals surface area contributed by atoms with Gasteiger partial charge < -0.3 is 4.74 Å². The van der Waals surface area contributed by atoms with Crippen LogP contribution in [0, 0.1) is 0 Å². The summed E-state index contributed by atoms with van der Waals surface area (Å²) in [6.07, 6.45) is 6.64. The number of rotatable bonds is 7. The number of unbranched alkanes of at least 4 members (excludes halogenated alkanes) is 1. The van der Waals surface area contributed by atoms with Crippen LogP contribution in [0.2, 0.25) is 0 Å². The van der Waals surface area contributed by atoms with E-state index in [0.29, 0.717) is 0 Å². The molecule has 0 unspecified atom stereocenters. The van der Waals surface area contributed by atoms with Gasteiger partial charge in [-0.05, 0) is 57.3 Å². The summed E-state index contributed by atoms with van der Waals surface area (Å²) in [6, 6.07) is 7.98. The van der Waals surface area contributed by atoms with Crippen LogP contribution >= 0.6 is 0 Å². The standard InChI is InChI=1S/C19H30N2O2/c1-3-4-10-17-11-6-7-12-18(17)20-19(22)23-16(2)15-21-13-8-5-9-14-21/h6-7,11-12,16H,3-5,8-10,13-15H2,1-2H3,(H,20,22)/t16-/m1/s1. The summed E-state index contributed by atoms with van der Waals surface area (Å²) < 4.78 is 5.52. The van der Waals surface area contributed by atoms with E-state index in [1.165, 1.54) is 24.8 Å². The first-order valence-corrected chi connectivity index (χ1v) is 8.97. The van der Waals surface area contributed by atoms with E-state index in [-0.39, 0.29) is 12.2 Å². The minimum atomic E-state index is -0.349. The van der Waals surface area contributed by atoms with Crippen molar-refractivity contribution in [2.45, 2.75) is 58.5 Å². The molecular formula is C19H30N2O2. The minimum Gasteiger partial charge on any atom is -0.445 e. The van der Waals surface area contributed by atoms with Crippen LogP contribution in [0.1, 0.15) is 51.5 Å². The smallest absolute Gasteiger partial charge is 0.411 e. The second kappa shape index (κ2) is 9.56. The molecule has 1 heterocycles. The van der Waals surface area contributed by atoms with Crippen molar-refractivity contribution in [1.29, 1.82) is 0 Å². The summed E-state index contributed by atoms with van der Waals surface area (Å²) in [7, 11) is 0. The highest BCUT2D eigenvalue weighted by Gasteiger charge is 2.16. The van der Waals surface area contributed by atoms with Crippen LogP contribution in [0.3, 0.4) is 0 Å². The lowest BCUT2D eigenvalue weighted by Gasteiger charge is -2.28. The highest BCUT2D eigenvalue weighted by Crippen LogP contribution is 2.18. The van der Waals surface area contributed by atoms with Crippen LogP contribution in [-0.4, -0.2) is 36.7 Å². The van der Waals surface area contributed by atoms with E-state index in [1.54, 1.807) is 0 Å². The van der Waals surface area contributed by atoms with Crippen LogP contribution in [0.5, 0.6) is 0 Å². The molecule has 2 rings (SSSR count). The zero-order chi connectivity index (χ0) is 16.5. The third-order valence-corrected chi connectivity index (χ3v) is 4.33. The molecule has 0 radical (unpaired) electrons. The number of amides is 1. The molecule has 23 heavy (non-hydrogen) atoms. The Morgan fingerprint density at radius 3 is 2.74 bits per heavy atom. The Morgan fingerprint density at radius 1 is 1.26 bits per heavy atom. The van der Waals surface area contributed by atoms with Crippen molar-refractivity contribution in [3.63, 3.8) is 0 Å². The average Bonchev–Trinajstić information content (AvgIpc) is 2.54. The predicted octanol–water partition coefficient (Wildman–Crippen LogP) is 4.45. The average molecular weight is 318 g/mol. The predicted molar refractivity (Wildman–Crippen MR) is 94.9 cm³/mol. The Labute approximate surface area is 140 Å². The number of hydrogen-bond donors (Lipinski definition) is 1. The number of benzene rings is 1. The SMILES string of the molecule is CCCCc1ccccc1NC(=O)O[C@H](C)CN1CCCCC1. The zero-order valence-electron chi connectivity index (χ0n) is 14.5. The normalized spacial score (nSPS) is 16.8. The molecule has 0 spiro atoms. The van der Waals surface area contributed by atoms with Gasteiger partial charge in [-0.15, -0.1) is 0 Å². The third-order valence-electron chi connectivity index (χ3n) is 4.33. The lowest BCUT2D eigenvalue weighted by Crippen LogP contribution is -2.37. The molecule has 1 aromatic rings. The van der Waals surface area contributed by atoms with Crippen molar-refractivity contribution < 1.29 is 9.53 Å². The van der Waals surface area contributed by atoms with Crippen LogP contribution in [0.15, 0.2) is 24.3 Å². The monoisotopic (exact) mass is 318 g/mol. The number of para-hydroxylation sites is 1. The molecule has 0 bridgehead atoms. The second-order valence-corrected chi connectivity index (χ2v) is 6.46. The summed E-state index contributed by atoms with van der Waals surface area (Å²) in [5.41, 5.74) is 2.05. The van der Waals surface area contributed by atoms with Gasteiger partial charge in [-0.3, -0.25) is 10.2 Å². The van der Waals surface area contributed by atoms with Gasteiger partial charge in [0.05, 0.1) is 0 Å². The maximum absolute atomic E-state index is 12.1. The molecule has 1 aliphatic rings. The lowest BCUT2D eigenvalue weighted by molar-refractivity contribution is 0.0833. The number of likely N-dealkylation sites (tertiary alicyclic amines) is 1. The van der Waals surface area contributed by atoms with E-state index >= 15 is 0 Å². The fraction of sp³-hybridized carbons (Fsp3) is 0.632. The summed E-state index contributed by atoms with van der Waals surface area (Å²) in [4.78, 5) is 14.5. The summed E-state index contributed by atoms with van der Waals surface area (Å²) in [5.74, 6) is 0. The van der Waals surface area contributed by atoms with Crippen LogP contribution < -0.4 is 5.32 Å². The number of piperidine rings is 1. The zero-order valence-corrected chi connectivity index (χ0v) is 14.5. The number of aryl methyl sites for hydroxylation is 1. The third kappa shape index (κ3) is 6.22. The van der Waals surface area contributed by atoms with Gasteiger partial charge in [0, 0.05) is 12.2 Å². The van der Waals surface area contributed by atoms with E-state index in [1.807, 2.05) is 25.1 Å². The molecule has 1 fully saturated rings. The fourth-order valence-corrected chi connectivity index (χ4v) is 3.09. The molecule has 4 heteroatoms. The maximum Gasteiger partial charge on any atom is 0.411 e. The molecule has 1 amide bonds. The van der Waals surface area contributed by atoms with Gasteiger partial charge in [0.2, 0.25) is 0 Å². The Kier molecular flexibility index (Phi) is 7.40. The number of nitrogens with one attached hydrogen (secondary N) is 1. The molecule has 0 aliphatic carbocycles.